The molecule has 0 bridgehead atoms. The summed E-state index contributed by atoms with van der Waals surface area (Å²) >= 11 is 16.4. The Balaban J connectivity index is 5.85. The first-order valence-electron chi connectivity index (χ1n) is 6.93. The molecule has 0 fully saturated rings. The third-order valence-electron chi connectivity index (χ3n) is 3.14. The molecule has 1 amide bonds. The van der Waals surface area contributed by atoms with Crippen molar-refractivity contribution >= 4 is 48.2 Å². The highest BCUT2D eigenvalue weighted by molar-refractivity contribution is 7.63. The molecule has 0 heterocycles. The first kappa shape index (κ1) is 22.2. The van der Waals surface area contributed by atoms with Gasteiger partial charge in [-0.2, -0.15) is 0 Å². The van der Waals surface area contributed by atoms with Gasteiger partial charge in [0.2, 0.25) is 0 Å². The fraction of sp³-hybridized carbons (Fsp3) is 0.750. The normalized spacial score (nSPS) is 13.8. The number of carbonyl (C=O) groups is 1. The summed E-state index contributed by atoms with van der Waals surface area (Å²) in [5.41, 5.74) is -0.392. The third-order valence-corrected chi connectivity index (χ3v) is 7.16. The van der Waals surface area contributed by atoms with Crippen LogP contribution in [-0.4, -0.2) is 45.2 Å². The highest BCUT2D eigenvalue weighted by Gasteiger charge is 2.42. The summed E-state index contributed by atoms with van der Waals surface area (Å²) in [7, 11) is -3.53. The second-order valence-electron chi connectivity index (χ2n) is 4.27. The van der Waals surface area contributed by atoms with Gasteiger partial charge < -0.3 is 5.32 Å². The maximum atomic E-state index is 13.5. The summed E-state index contributed by atoms with van der Waals surface area (Å²) in [5, 5.41) is 2.15. The van der Waals surface area contributed by atoms with Crippen molar-refractivity contribution in [3.63, 3.8) is 0 Å². The molecule has 0 rings (SSSR count). The van der Waals surface area contributed by atoms with Crippen LogP contribution in [-0.2, 0) is 9.36 Å². The topological polar surface area (TPSA) is 52.7 Å². The van der Waals surface area contributed by atoms with E-state index in [1.54, 1.807) is 37.0 Å². The van der Waals surface area contributed by atoms with Crippen LogP contribution in [0, 0.1) is 0 Å². The van der Waals surface area contributed by atoms with Crippen molar-refractivity contribution in [2.24, 2.45) is 0 Å². The van der Waals surface area contributed by atoms with Gasteiger partial charge in [-0.3, -0.25) is 9.36 Å². The van der Waals surface area contributed by atoms with E-state index in [1.807, 2.05) is 0 Å². The monoisotopic (exact) mass is 395 g/mol. The molecular weight excluding hydrogens is 374 g/mol. The molecule has 0 saturated heterocycles. The number of hydrogen-bond acceptors (Lipinski definition) is 2. The van der Waals surface area contributed by atoms with Gasteiger partial charge in [-0.25, -0.2) is 13.7 Å². The van der Waals surface area contributed by atoms with Crippen LogP contribution in [0.3, 0.4) is 0 Å². The van der Waals surface area contributed by atoms with Crippen molar-refractivity contribution < 1.29 is 13.8 Å². The Morgan fingerprint density at radius 3 is 1.68 bits per heavy atom. The van der Waals surface area contributed by atoms with Crippen LogP contribution in [0.5, 0.6) is 0 Å². The van der Waals surface area contributed by atoms with Gasteiger partial charge >= 0.3 is 0 Å². The number of alkyl halides is 3. The van der Waals surface area contributed by atoms with Crippen molar-refractivity contribution in [2.45, 2.75) is 31.5 Å². The molecule has 0 aliphatic carbocycles. The van der Waals surface area contributed by atoms with Crippen molar-refractivity contribution in [1.82, 2.24) is 14.7 Å². The van der Waals surface area contributed by atoms with Crippen molar-refractivity contribution in [3.05, 3.63) is 11.8 Å². The zero-order valence-electron chi connectivity index (χ0n) is 13.1. The number of hydrogen-bond donors (Lipinski definition) is 1. The summed E-state index contributed by atoms with van der Waals surface area (Å²) < 4.78 is 27.9. The summed E-state index contributed by atoms with van der Waals surface area (Å²) in [6.07, 6.45) is 0.103. The number of carbonyl (C=O) groups excluding carboxylic acids is 1. The number of halogens is 4. The van der Waals surface area contributed by atoms with Gasteiger partial charge in [-0.15, -0.1) is 0 Å². The van der Waals surface area contributed by atoms with E-state index in [4.69, 9.17) is 34.8 Å². The predicted octanol–water partition coefficient (Wildman–Crippen LogP) is 4.12. The Morgan fingerprint density at radius 2 is 1.45 bits per heavy atom. The molecule has 0 atom stereocenters. The molecule has 0 aromatic rings. The number of rotatable bonds is 8. The fourth-order valence-electron chi connectivity index (χ4n) is 2.05. The van der Waals surface area contributed by atoms with Crippen molar-refractivity contribution in [1.29, 1.82) is 0 Å². The minimum atomic E-state index is -3.53. The van der Waals surface area contributed by atoms with E-state index in [2.05, 4.69) is 5.32 Å². The van der Waals surface area contributed by atoms with E-state index < -0.39 is 22.6 Å². The first-order chi connectivity index (χ1) is 10.1. The maximum Gasteiger partial charge on any atom is 0.276 e. The van der Waals surface area contributed by atoms with E-state index in [-0.39, 0.29) is 6.33 Å². The number of nitrogens with zero attached hydrogens (tertiary/aromatic N) is 2. The predicted molar refractivity (Wildman–Crippen MR) is 91.1 cm³/mol. The zero-order valence-corrected chi connectivity index (χ0v) is 16.2. The minimum absolute atomic E-state index is 0.103. The quantitative estimate of drug-likeness (QED) is 0.495. The lowest BCUT2D eigenvalue weighted by molar-refractivity contribution is -0.119. The molecule has 5 nitrogen and oxygen atoms in total. The average Bonchev–Trinajstić information content (AvgIpc) is 2.45. The lowest BCUT2D eigenvalue weighted by Crippen LogP contribution is -2.40. The Kier molecular flexibility index (Phi) is 9.52. The molecule has 10 heteroatoms. The minimum Gasteiger partial charge on any atom is -0.315 e. The standard InChI is InChI=1S/C12H22Cl3FN3O2P/c1-5-18(6-2)22(21,19(7-3)8-4)10(9-16)17-11(20)12(13,14)15/h9H,5-8H2,1-4H3,(H,17,20). The van der Waals surface area contributed by atoms with Crippen LogP contribution in [0.25, 0.3) is 0 Å². The van der Waals surface area contributed by atoms with E-state index in [9.17, 15) is 13.8 Å². The third kappa shape index (κ3) is 5.08. The smallest absolute Gasteiger partial charge is 0.276 e. The van der Waals surface area contributed by atoms with Gasteiger partial charge in [0.1, 0.15) is 11.8 Å². The van der Waals surface area contributed by atoms with E-state index in [0.29, 0.717) is 26.2 Å². The number of amides is 1. The van der Waals surface area contributed by atoms with Crippen LogP contribution >= 0.6 is 42.2 Å². The van der Waals surface area contributed by atoms with Gasteiger partial charge in [0.15, 0.2) is 0 Å². The van der Waals surface area contributed by atoms with Gasteiger partial charge in [0, 0.05) is 26.2 Å². The largest absolute Gasteiger partial charge is 0.315 e. The van der Waals surface area contributed by atoms with E-state index in [0.717, 1.165) is 0 Å². The Labute approximate surface area is 146 Å². The highest BCUT2D eigenvalue weighted by atomic mass is 35.6. The van der Waals surface area contributed by atoms with E-state index in [1.165, 1.54) is 0 Å². The van der Waals surface area contributed by atoms with Crippen LogP contribution < -0.4 is 5.32 Å². The molecular formula is C12H22Cl3FN3O2P. The van der Waals surface area contributed by atoms with Crippen LogP contribution in [0.15, 0.2) is 11.8 Å². The second-order valence-corrected chi connectivity index (χ2v) is 9.25. The first-order valence-corrected chi connectivity index (χ1v) is 9.67. The Hall–Kier alpha value is 0.160. The van der Waals surface area contributed by atoms with Gasteiger partial charge in [-0.1, -0.05) is 62.5 Å². The lowest BCUT2D eigenvalue weighted by atomic mass is 10.7. The average molecular weight is 397 g/mol. The molecule has 0 spiro atoms. The lowest BCUT2D eigenvalue weighted by Gasteiger charge is -2.38. The van der Waals surface area contributed by atoms with Crippen LogP contribution in [0.1, 0.15) is 27.7 Å². The van der Waals surface area contributed by atoms with E-state index >= 15 is 0 Å². The van der Waals surface area contributed by atoms with Crippen molar-refractivity contribution in [3.8, 4) is 0 Å². The molecule has 22 heavy (non-hydrogen) atoms. The molecule has 0 unspecified atom stereocenters. The van der Waals surface area contributed by atoms with Gasteiger partial charge in [0.05, 0.1) is 0 Å². The van der Waals surface area contributed by atoms with Crippen molar-refractivity contribution in [2.75, 3.05) is 26.2 Å². The zero-order chi connectivity index (χ0) is 17.6. The maximum absolute atomic E-state index is 13.5. The fourth-order valence-corrected chi connectivity index (χ4v) is 5.07. The molecule has 0 saturated carbocycles. The SMILES string of the molecule is CCN(CC)P(=O)(C(=CF)NC(=O)C(Cl)(Cl)Cl)N(CC)CC. The summed E-state index contributed by atoms with van der Waals surface area (Å²) in [4.78, 5) is 11.8. The van der Waals surface area contributed by atoms with Crippen LogP contribution in [0.2, 0.25) is 0 Å². The molecule has 0 radical (unpaired) electrons. The van der Waals surface area contributed by atoms with Gasteiger partial charge in [-0.05, 0) is 0 Å². The molecule has 0 aliphatic rings. The second kappa shape index (κ2) is 9.45. The molecule has 1 N–H and O–H groups in total. The Morgan fingerprint density at radius 1 is 1.09 bits per heavy atom. The molecule has 130 valence electrons. The highest BCUT2D eigenvalue weighted by Crippen LogP contribution is 2.58. The summed E-state index contributed by atoms with van der Waals surface area (Å²) in [6, 6.07) is 0. The summed E-state index contributed by atoms with van der Waals surface area (Å²) in [5.74, 6) is -1.05. The molecule has 0 aromatic heterocycles. The summed E-state index contributed by atoms with van der Waals surface area (Å²) in [6.45, 7) is 8.82. The van der Waals surface area contributed by atoms with Gasteiger partial charge in [0.25, 0.3) is 17.1 Å². The molecule has 0 aliphatic heterocycles. The van der Waals surface area contributed by atoms with Crippen LogP contribution in [0.4, 0.5) is 4.39 Å². The Bertz CT molecular complexity index is 433. The number of nitrogens with one attached hydrogen (secondary N) is 1. The molecule has 0 aromatic carbocycles.